The number of amides is 2. The Kier molecular flexibility index (Phi) is 3.90. The van der Waals surface area contributed by atoms with E-state index in [2.05, 4.69) is 10.2 Å². The predicted molar refractivity (Wildman–Crippen MR) is 69.1 cm³/mol. The number of nitrogens with zero attached hydrogens (tertiary/aromatic N) is 2. The van der Waals surface area contributed by atoms with E-state index in [1.807, 2.05) is 14.1 Å². The molecule has 0 radical (unpaired) electrons. The number of carbonyl (C=O) groups excluding carboxylic acids is 2. The van der Waals surface area contributed by atoms with Crippen LogP contribution in [0.25, 0.3) is 0 Å². The van der Waals surface area contributed by atoms with E-state index in [-0.39, 0.29) is 18.4 Å². The first-order valence-corrected chi connectivity index (χ1v) is 6.79. The summed E-state index contributed by atoms with van der Waals surface area (Å²) in [5, 5.41) is 2.93. The fourth-order valence-electron chi connectivity index (χ4n) is 2.98. The smallest absolute Gasteiger partial charge is 0.248 e. The lowest BCUT2D eigenvalue weighted by atomic mass is 9.93. The van der Waals surface area contributed by atoms with E-state index in [0.717, 1.165) is 38.6 Å². The van der Waals surface area contributed by atoms with E-state index in [9.17, 15) is 9.59 Å². The molecule has 1 saturated heterocycles. The normalized spacial score (nSPS) is 22.9. The highest BCUT2D eigenvalue weighted by Crippen LogP contribution is 2.33. The summed E-state index contributed by atoms with van der Waals surface area (Å²) < 4.78 is 0. The minimum absolute atomic E-state index is 0.00125. The Labute approximate surface area is 108 Å². The van der Waals surface area contributed by atoms with Gasteiger partial charge in [-0.05, 0) is 39.9 Å². The summed E-state index contributed by atoms with van der Waals surface area (Å²) in [5.74, 6) is 0.139. The zero-order valence-electron chi connectivity index (χ0n) is 11.4. The molecule has 0 aromatic rings. The van der Waals surface area contributed by atoms with Gasteiger partial charge in [-0.3, -0.25) is 9.59 Å². The van der Waals surface area contributed by atoms with Gasteiger partial charge in [-0.25, -0.2) is 0 Å². The molecule has 0 aromatic carbocycles. The molecule has 0 unspecified atom stereocenters. The molecule has 2 aliphatic rings. The van der Waals surface area contributed by atoms with E-state index in [1.54, 1.807) is 4.90 Å². The van der Waals surface area contributed by atoms with E-state index >= 15 is 0 Å². The summed E-state index contributed by atoms with van der Waals surface area (Å²) in [6.07, 6.45) is 4.61. The Morgan fingerprint density at radius 2 is 1.94 bits per heavy atom. The van der Waals surface area contributed by atoms with Crippen LogP contribution in [0.1, 0.15) is 32.1 Å². The number of carbonyl (C=O) groups is 2. The standard InChI is InChI=1S/C13H23N3O2/c1-15(2)8-5-9-16-10-11(17)14-13(12(16)18)6-3-4-7-13/h3-10H2,1-2H3,(H,14,17). The van der Waals surface area contributed by atoms with Crippen molar-refractivity contribution in [3.63, 3.8) is 0 Å². The van der Waals surface area contributed by atoms with Crippen molar-refractivity contribution >= 4 is 11.8 Å². The first kappa shape index (κ1) is 13.3. The fraction of sp³-hybridized carbons (Fsp3) is 0.846. The molecule has 1 aliphatic carbocycles. The van der Waals surface area contributed by atoms with Gasteiger partial charge in [0.15, 0.2) is 0 Å². The van der Waals surface area contributed by atoms with E-state index in [4.69, 9.17) is 0 Å². The molecule has 1 N–H and O–H groups in total. The van der Waals surface area contributed by atoms with E-state index in [1.165, 1.54) is 0 Å². The topological polar surface area (TPSA) is 52.6 Å². The number of hydrogen-bond acceptors (Lipinski definition) is 3. The van der Waals surface area contributed by atoms with Gasteiger partial charge in [0, 0.05) is 6.54 Å². The van der Waals surface area contributed by atoms with Crippen LogP contribution in [0.5, 0.6) is 0 Å². The molecule has 1 aliphatic heterocycles. The molecule has 1 heterocycles. The highest BCUT2D eigenvalue weighted by Gasteiger charge is 2.47. The van der Waals surface area contributed by atoms with Gasteiger partial charge in [0.1, 0.15) is 5.54 Å². The van der Waals surface area contributed by atoms with Gasteiger partial charge >= 0.3 is 0 Å². The Morgan fingerprint density at radius 1 is 1.28 bits per heavy atom. The molecular weight excluding hydrogens is 230 g/mol. The molecule has 0 bridgehead atoms. The minimum atomic E-state index is -0.562. The van der Waals surface area contributed by atoms with Gasteiger partial charge in [-0.2, -0.15) is 0 Å². The molecule has 18 heavy (non-hydrogen) atoms. The first-order valence-electron chi connectivity index (χ1n) is 6.79. The van der Waals surface area contributed by atoms with Crippen LogP contribution in [0.2, 0.25) is 0 Å². The number of hydrogen-bond donors (Lipinski definition) is 1. The minimum Gasteiger partial charge on any atom is -0.340 e. The summed E-state index contributed by atoms with van der Waals surface area (Å²) in [5.41, 5.74) is -0.562. The molecule has 2 rings (SSSR count). The molecule has 0 aromatic heterocycles. The SMILES string of the molecule is CN(C)CCCN1CC(=O)NC2(CCCC2)C1=O. The van der Waals surface area contributed by atoms with Crippen LogP contribution < -0.4 is 5.32 Å². The Morgan fingerprint density at radius 3 is 2.56 bits per heavy atom. The van der Waals surface area contributed by atoms with Crippen molar-refractivity contribution in [1.82, 2.24) is 15.1 Å². The monoisotopic (exact) mass is 253 g/mol. The van der Waals surface area contributed by atoms with Crippen molar-refractivity contribution in [3.8, 4) is 0 Å². The molecule has 1 saturated carbocycles. The van der Waals surface area contributed by atoms with Gasteiger partial charge < -0.3 is 15.1 Å². The van der Waals surface area contributed by atoms with Crippen LogP contribution >= 0.6 is 0 Å². The molecule has 102 valence electrons. The first-order chi connectivity index (χ1) is 8.53. The van der Waals surface area contributed by atoms with Crippen LogP contribution in [0, 0.1) is 0 Å². The maximum absolute atomic E-state index is 12.5. The van der Waals surface area contributed by atoms with Crippen molar-refractivity contribution in [2.24, 2.45) is 0 Å². The fourth-order valence-corrected chi connectivity index (χ4v) is 2.98. The zero-order valence-corrected chi connectivity index (χ0v) is 11.4. The van der Waals surface area contributed by atoms with Crippen LogP contribution in [0.3, 0.4) is 0 Å². The highest BCUT2D eigenvalue weighted by molar-refractivity contribution is 5.98. The molecule has 0 atom stereocenters. The molecule has 5 heteroatoms. The lowest BCUT2D eigenvalue weighted by Gasteiger charge is -2.39. The molecule has 2 fully saturated rings. The highest BCUT2D eigenvalue weighted by atomic mass is 16.2. The van der Waals surface area contributed by atoms with Crippen molar-refractivity contribution in [3.05, 3.63) is 0 Å². The molecule has 2 amide bonds. The van der Waals surface area contributed by atoms with Crippen LogP contribution in [-0.4, -0.2) is 60.9 Å². The number of piperazine rings is 1. The van der Waals surface area contributed by atoms with Crippen molar-refractivity contribution in [2.75, 3.05) is 33.7 Å². The maximum Gasteiger partial charge on any atom is 0.248 e. The van der Waals surface area contributed by atoms with E-state index in [0.29, 0.717) is 6.54 Å². The second-order valence-corrected chi connectivity index (χ2v) is 5.72. The average molecular weight is 253 g/mol. The Bertz CT molecular complexity index is 335. The molecule has 1 spiro atoms. The Balaban J connectivity index is 1.97. The summed E-state index contributed by atoms with van der Waals surface area (Å²) in [7, 11) is 4.03. The second-order valence-electron chi connectivity index (χ2n) is 5.72. The quantitative estimate of drug-likeness (QED) is 0.779. The summed E-state index contributed by atoms with van der Waals surface area (Å²) in [4.78, 5) is 28.1. The van der Waals surface area contributed by atoms with Crippen molar-refractivity contribution < 1.29 is 9.59 Å². The van der Waals surface area contributed by atoms with Crippen LogP contribution in [0.4, 0.5) is 0 Å². The van der Waals surface area contributed by atoms with Crippen LogP contribution in [-0.2, 0) is 9.59 Å². The van der Waals surface area contributed by atoms with Crippen molar-refractivity contribution in [1.29, 1.82) is 0 Å². The average Bonchev–Trinajstić information content (AvgIpc) is 2.74. The Hall–Kier alpha value is -1.10. The summed E-state index contributed by atoms with van der Waals surface area (Å²) in [6, 6.07) is 0. The maximum atomic E-state index is 12.5. The number of rotatable bonds is 4. The van der Waals surface area contributed by atoms with Gasteiger partial charge in [0.05, 0.1) is 6.54 Å². The second kappa shape index (κ2) is 5.26. The molecule has 5 nitrogen and oxygen atoms in total. The van der Waals surface area contributed by atoms with Crippen LogP contribution in [0.15, 0.2) is 0 Å². The lowest BCUT2D eigenvalue weighted by molar-refractivity contribution is -0.149. The third kappa shape index (κ3) is 2.66. The van der Waals surface area contributed by atoms with E-state index < -0.39 is 5.54 Å². The van der Waals surface area contributed by atoms with Gasteiger partial charge in [0.25, 0.3) is 0 Å². The predicted octanol–water partition coefficient (Wildman–Crippen LogP) is 0.209. The third-order valence-electron chi connectivity index (χ3n) is 3.90. The van der Waals surface area contributed by atoms with Gasteiger partial charge in [-0.15, -0.1) is 0 Å². The van der Waals surface area contributed by atoms with Crippen molar-refractivity contribution in [2.45, 2.75) is 37.6 Å². The lowest BCUT2D eigenvalue weighted by Crippen LogP contribution is -2.65. The van der Waals surface area contributed by atoms with Gasteiger partial charge in [-0.1, -0.05) is 12.8 Å². The third-order valence-corrected chi connectivity index (χ3v) is 3.90. The largest absolute Gasteiger partial charge is 0.340 e. The van der Waals surface area contributed by atoms with Gasteiger partial charge in [0.2, 0.25) is 11.8 Å². The summed E-state index contributed by atoms with van der Waals surface area (Å²) >= 11 is 0. The number of nitrogens with one attached hydrogen (secondary N) is 1. The summed E-state index contributed by atoms with van der Waals surface area (Å²) in [6.45, 7) is 1.86. The molecular formula is C13H23N3O2. The zero-order chi connectivity index (χ0) is 13.2.